The fourth-order valence-corrected chi connectivity index (χ4v) is 2.80. The monoisotopic (exact) mass is 316 g/mol. The second-order valence-electron chi connectivity index (χ2n) is 4.43. The van der Waals surface area contributed by atoms with E-state index in [-0.39, 0.29) is 18.6 Å². The van der Waals surface area contributed by atoms with Gasteiger partial charge in [-0.15, -0.1) is 22.9 Å². The molecule has 1 aromatic rings. The van der Waals surface area contributed by atoms with Crippen LogP contribution in [0.15, 0.2) is 17.5 Å². The standard InChI is InChI=1S/C13H17ClN2O3S/c14-3-8-19-13(18)16-6-4-15(5-7-16)12(17)10-11-2-1-9-20-11/h1-2,9H,3-8,10H2. The lowest BCUT2D eigenvalue weighted by Crippen LogP contribution is -2.51. The van der Waals surface area contributed by atoms with Gasteiger partial charge in [0.05, 0.1) is 12.3 Å². The van der Waals surface area contributed by atoms with E-state index in [0.29, 0.717) is 38.5 Å². The summed E-state index contributed by atoms with van der Waals surface area (Å²) in [7, 11) is 0. The van der Waals surface area contributed by atoms with E-state index < -0.39 is 0 Å². The van der Waals surface area contributed by atoms with Gasteiger partial charge in [-0.1, -0.05) is 6.07 Å². The highest BCUT2D eigenvalue weighted by Crippen LogP contribution is 2.12. The molecule has 0 aliphatic carbocycles. The molecule has 0 aromatic carbocycles. The van der Waals surface area contributed by atoms with Gasteiger partial charge in [-0.3, -0.25) is 4.79 Å². The first-order chi connectivity index (χ1) is 9.70. The second kappa shape index (κ2) is 7.50. The lowest BCUT2D eigenvalue weighted by molar-refractivity contribution is -0.132. The molecule has 0 spiro atoms. The summed E-state index contributed by atoms with van der Waals surface area (Å²) >= 11 is 7.05. The number of carbonyl (C=O) groups excluding carboxylic acids is 2. The lowest BCUT2D eigenvalue weighted by Gasteiger charge is -2.34. The summed E-state index contributed by atoms with van der Waals surface area (Å²) in [5.74, 6) is 0.409. The van der Waals surface area contributed by atoms with Gasteiger partial charge in [-0.2, -0.15) is 0 Å². The maximum absolute atomic E-state index is 12.1. The quantitative estimate of drug-likeness (QED) is 0.796. The van der Waals surface area contributed by atoms with Crippen LogP contribution in [-0.2, 0) is 16.0 Å². The zero-order valence-corrected chi connectivity index (χ0v) is 12.7. The number of hydrogen-bond acceptors (Lipinski definition) is 4. The van der Waals surface area contributed by atoms with Crippen LogP contribution in [0, 0.1) is 0 Å². The maximum Gasteiger partial charge on any atom is 0.409 e. The molecule has 0 radical (unpaired) electrons. The molecular weight excluding hydrogens is 300 g/mol. The summed E-state index contributed by atoms with van der Waals surface area (Å²) in [5, 5.41) is 1.97. The van der Waals surface area contributed by atoms with Crippen molar-refractivity contribution in [3.63, 3.8) is 0 Å². The number of thiophene rings is 1. The molecular formula is C13H17ClN2O3S. The number of nitrogens with zero attached hydrogens (tertiary/aromatic N) is 2. The third-order valence-electron chi connectivity index (χ3n) is 3.10. The van der Waals surface area contributed by atoms with Gasteiger partial charge in [0, 0.05) is 31.1 Å². The highest BCUT2D eigenvalue weighted by Gasteiger charge is 2.24. The van der Waals surface area contributed by atoms with Gasteiger partial charge < -0.3 is 14.5 Å². The fourth-order valence-electron chi connectivity index (χ4n) is 2.03. The molecule has 0 atom stereocenters. The third-order valence-corrected chi connectivity index (χ3v) is 4.13. The van der Waals surface area contributed by atoms with Gasteiger partial charge in [0.1, 0.15) is 6.61 Å². The Morgan fingerprint density at radius 1 is 1.25 bits per heavy atom. The minimum Gasteiger partial charge on any atom is -0.448 e. The number of amides is 2. The maximum atomic E-state index is 12.1. The number of hydrogen-bond donors (Lipinski definition) is 0. The van der Waals surface area contributed by atoms with Gasteiger partial charge in [0.15, 0.2) is 0 Å². The summed E-state index contributed by atoms with van der Waals surface area (Å²) in [5.41, 5.74) is 0. The summed E-state index contributed by atoms with van der Waals surface area (Å²) in [6, 6.07) is 3.90. The molecule has 1 fully saturated rings. The van der Waals surface area contributed by atoms with Crippen molar-refractivity contribution < 1.29 is 14.3 Å². The van der Waals surface area contributed by atoms with Crippen LogP contribution in [0.2, 0.25) is 0 Å². The van der Waals surface area contributed by atoms with Crippen LogP contribution in [-0.4, -0.2) is 60.5 Å². The Hall–Kier alpha value is -1.27. The topological polar surface area (TPSA) is 49.9 Å². The normalized spacial score (nSPS) is 15.2. The SMILES string of the molecule is O=C(Cc1cccs1)N1CCN(C(=O)OCCCl)CC1. The van der Waals surface area contributed by atoms with Gasteiger partial charge in [-0.05, 0) is 11.4 Å². The van der Waals surface area contributed by atoms with Crippen molar-refractivity contribution in [2.24, 2.45) is 0 Å². The van der Waals surface area contributed by atoms with Crippen LogP contribution >= 0.6 is 22.9 Å². The van der Waals surface area contributed by atoms with Crippen LogP contribution in [0.5, 0.6) is 0 Å². The third kappa shape index (κ3) is 4.11. The first-order valence-corrected chi connectivity index (χ1v) is 7.90. The highest BCUT2D eigenvalue weighted by molar-refractivity contribution is 7.10. The minimum atomic E-state index is -0.351. The average molecular weight is 317 g/mol. The Morgan fingerprint density at radius 3 is 2.55 bits per heavy atom. The van der Waals surface area contributed by atoms with Crippen molar-refractivity contribution in [1.29, 1.82) is 0 Å². The molecule has 0 saturated carbocycles. The predicted molar refractivity (Wildman–Crippen MR) is 78.2 cm³/mol. The molecule has 7 heteroatoms. The number of halogens is 1. The van der Waals surface area contributed by atoms with E-state index in [1.54, 1.807) is 21.1 Å². The summed E-state index contributed by atoms with van der Waals surface area (Å²) in [6.45, 7) is 2.35. The van der Waals surface area contributed by atoms with E-state index in [2.05, 4.69) is 0 Å². The van der Waals surface area contributed by atoms with Crippen molar-refractivity contribution in [1.82, 2.24) is 9.80 Å². The van der Waals surface area contributed by atoms with E-state index in [0.717, 1.165) is 4.88 Å². The smallest absolute Gasteiger partial charge is 0.409 e. The zero-order chi connectivity index (χ0) is 14.4. The first kappa shape index (κ1) is 15.1. The van der Waals surface area contributed by atoms with Gasteiger partial charge >= 0.3 is 6.09 Å². The molecule has 2 rings (SSSR count). The Morgan fingerprint density at radius 2 is 1.95 bits per heavy atom. The number of alkyl halides is 1. The molecule has 0 bridgehead atoms. The number of rotatable bonds is 4. The van der Waals surface area contributed by atoms with Crippen molar-refractivity contribution >= 4 is 34.9 Å². The first-order valence-electron chi connectivity index (χ1n) is 6.48. The lowest BCUT2D eigenvalue weighted by atomic mass is 10.2. The number of carbonyl (C=O) groups is 2. The van der Waals surface area contributed by atoms with Crippen molar-refractivity contribution in [3.05, 3.63) is 22.4 Å². The molecule has 110 valence electrons. The molecule has 5 nitrogen and oxygen atoms in total. The molecule has 2 amide bonds. The van der Waals surface area contributed by atoms with Crippen LogP contribution in [0.4, 0.5) is 4.79 Å². The zero-order valence-electron chi connectivity index (χ0n) is 11.1. The van der Waals surface area contributed by atoms with Crippen molar-refractivity contribution in [3.8, 4) is 0 Å². The van der Waals surface area contributed by atoms with Gasteiger partial charge in [0.25, 0.3) is 0 Å². The Bertz CT molecular complexity index is 444. The fraction of sp³-hybridized carbons (Fsp3) is 0.538. The van der Waals surface area contributed by atoms with E-state index in [4.69, 9.17) is 16.3 Å². The molecule has 1 aliphatic heterocycles. The molecule has 0 N–H and O–H groups in total. The van der Waals surface area contributed by atoms with Gasteiger partial charge in [-0.25, -0.2) is 4.79 Å². The largest absolute Gasteiger partial charge is 0.448 e. The van der Waals surface area contributed by atoms with Crippen molar-refractivity contribution in [2.45, 2.75) is 6.42 Å². The van der Waals surface area contributed by atoms with Crippen LogP contribution < -0.4 is 0 Å². The summed E-state index contributed by atoms with van der Waals surface area (Å²) in [4.78, 5) is 28.2. The Kier molecular flexibility index (Phi) is 5.67. The van der Waals surface area contributed by atoms with E-state index >= 15 is 0 Å². The Labute approximate surface area is 127 Å². The summed E-state index contributed by atoms with van der Waals surface area (Å²) in [6.07, 6.45) is 0.0879. The second-order valence-corrected chi connectivity index (χ2v) is 5.84. The van der Waals surface area contributed by atoms with E-state index in [1.165, 1.54) is 0 Å². The molecule has 0 unspecified atom stereocenters. The molecule has 1 aliphatic rings. The van der Waals surface area contributed by atoms with E-state index in [1.807, 2.05) is 17.5 Å². The minimum absolute atomic E-state index is 0.112. The van der Waals surface area contributed by atoms with Crippen LogP contribution in [0.1, 0.15) is 4.88 Å². The number of ether oxygens (including phenoxy) is 1. The molecule has 2 heterocycles. The van der Waals surface area contributed by atoms with Crippen molar-refractivity contribution in [2.75, 3.05) is 38.7 Å². The summed E-state index contributed by atoms with van der Waals surface area (Å²) < 4.78 is 4.96. The van der Waals surface area contributed by atoms with Crippen LogP contribution in [0.25, 0.3) is 0 Å². The number of piperazine rings is 1. The molecule has 1 saturated heterocycles. The molecule has 1 aromatic heterocycles. The molecule has 20 heavy (non-hydrogen) atoms. The highest BCUT2D eigenvalue weighted by atomic mass is 35.5. The Balaban J connectivity index is 1.76. The average Bonchev–Trinajstić information content (AvgIpc) is 2.97. The predicted octanol–water partition coefficient (Wildman–Crippen LogP) is 1.81. The van der Waals surface area contributed by atoms with E-state index in [9.17, 15) is 9.59 Å². The van der Waals surface area contributed by atoms with Crippen LogP contribution in [0.3, 0.4) is 0 Å². The van der Waals surface area contributed by atoms with Gasteiger partial charge in [0.2, 0.25) is 5.91 Å².